The van der Waals surface area contributed by atoms with Gasteiger partial charge in [0, 0.05) is 30.6 Å². The van der Waals surface area contributed by atoms with Gasteiger partial charge in [-0.1, -0.05) is 60.7 Å². The lowest BCUT2D eigenvalue weighted by atomic mass is 9.87. The Balaban J connectivity index is 1.65. The molecule has 2 aromatic heterocycles. The van der Waals surface area contributed by atoms with Crippen molar-refractivity contribution in [3.05, 3.63) is 102 Å². The lowest BCUT2D eigenvalue weighted by Crippen LogP contribution is -2.39. The van der Waals surface area contributed by atoms with E-state index in [1.54, 1.807) is 12.1 Å². The van der Waals surface area contributed by atoms with Crippen molar-refractivity contribution in [3.8, 4) is 11.3 Å². The van der Waals surface area contributed by atoms with Gasteiger partial charge in [0.25, 0.3) is 5.91 Å². The van der Waals surface area contributed by atoms with Crippen molar-refractivity contribution in [2.75, 3.05) is 6.54 Å². The van der Waals surface area contributed by atoms with E-state index in [4.69, 9.17) is 9.52 Å². The SMILES string of the molecule is Cn1nc(-c2ccccc2)c2c1C(c1ccccc1)CN(C(=O)c1ccco1)C2. The molecule has 0 saturated carbocycles. The average Bonchev–Trinajstić information content (AvgIpc) is 3.42. The quantitative estimate of drug-likeness (QED) is 0.525. The van der Waals surface area contributed by atoms with Crippen LogP contribution >= 0.6 is 0 Å². The van der Waals surface area contributed by atoms with Crippen LogP contribution in [0.5, 0.6) is 0 Å². The van der Waals surface area contributed by atoms with Crippen molar-refractivity contribution in [2.24, 2.45) is 7.05 Å². The molecular formula is C24H21N3O2. The molecule has 1 unspecified atom stereocenters. The molecule has 1 aliphatic heterocycles. The summed E-state index contributed by atoms with van der Waals surface area (Å²) in [6, 6.07) is 23.9. The Labute approximate surface area is 169 Å². The number of nitrogens with zero attached hydrogens (tertiary/aromatic N) is 3. The molecule has 0 N–H and O–H groups in total. The Morgan fingerprint density at radius 1 is 1.00 bits per heavy atom. The highest BCUT2D eigenvalue weighted by atomic mass is 16.3. The van der Waals surface area contributed by atoms with Gasteiger partial charge in [0.15, 0.2) is 5.76 Å². The molecule has 5 nitrogen and oxygen atoms in total. The van der Waals surface area contributed by atoms with Crippen molar-refractivity contribution < 1.29 is 9.21 Å². The van der Waals surface area contributed by atoms with Gasteiger partial charge in [-0.15, -0.1) is 0 Å². The fourth-order valence-corrected chi connectivity index (χ4v) is 4.22. The maximum Gasteiger partial charge on any atom is 0.289 e. The minimum Gasteiger partial charge on any atom is -0.459 e. The number of aromatic nitrogens is 2. The number of carbonyl (C=O) groups is 1. The van der Waals surface area contributed by atoms with E-state index in [0.717, 1.165) is 16.8 Å². The Bertz CT molecular complexity index is 1130. The first-order valence-corrected chi connectivity index (χ1v) is 9.71. The predicted octanol–water partition coefficient (Wildman–Crippen LogP) is 4.47. The molecular weight excluding hydrogens is 362 g/mol. The molecule has 0 fully saturated rings. The Kier molecular flexibility index (Phi) is 4.28. The predicted molar refractivity (Wildman–Crippen MR) is 110 cm³/mol. The first-order valence-electron chi connectivity index (χ1n) is 9.71. The third-order valence-electron chi connectivity index (χ3n) is 5.54. The minimum absolute atomic E-state index is 0.0498. The number of aryl methyl sites for hydroxylation is 1. The van der Waals surface area contributed by atoms with Gasteiger partial charge in [-0.3, -0.25) is 9.48 Å². The van der Waals surface area contributed by atoms with Gasteiger partial charge in [0.2, 0.25) is 0 Å². The average molecular weight is 383 g/mol. The summed E-state index contributed by atoms with van der Waals surface area (Å²) in [7, 11) is 1.99. The molecule has 2 aromatic carbocycles. The Hall–Kier alpha value is -3.60. The largest absolute Gasteiger partial charge is 0.459 e. The van der Waals surface area contributed by atoms with Crippen LogP contribution in [-0.4, -0.2) is 27.1 Å². The topological polar surface area (TPSA) is 51.3 Å². The second kappa shape index (κ2) is 7.09. The molecule has 0 saturated heterocycles. The van der Waals surface area contributed by atoms with Crippen LogP contribution in [-0.2, 0) is 13.6 Å². The summed E-state index contributed by atoms with van der Waals surface area (Å²) in [5, 5.41) is 4.85. The summed E-state index contributed by atoms with van der Waals surface area (Å²) in [4.78, 5) is 15.0. The third-order valence-corrected chi connectivity index (χ3v) is 5.54. The van der Waals surface area contributed by atoms with Gasteiger partial charge in [-0.05, 0) is 17.7 Å². The highest BCUT2D eigenvalue weighted by Gasteiger charge is 2.35. The molecule has 144 valence electrons. The minimum atomic E-state index is -0.0931. The van der Waals surface area contributed by atoms with E-state index in [2.05, 4.69) is 24.3 Å². The van der Waals surface area contributed by atoms with Crippen LogP contribution in [0.3, 0.4) is 0 Å². The van der Waals surface area contributed by atoms with Crippen molar-refractivity contribution in [3.63, 3.8) is 0 Å². The monoisotopic (exact) mass is 383 g/mol. The maximum atomic E-state index is 13.1. The van der Waals surface area contributed by atoms with Crippen LogP contribution < -0.4 is 0 Å². The molecule has 5 rings (SSSR count). The summed E-state index contributed by atoms with van der Waals surface area (Å²) in [6.07, 6.45) is 1.54. The summed E-state index contributed by atoms with van der Waals surface area (Å²) in [6.45, 7) is 1.10. The molecule has 1 atom stereocenters. The van der Waals surface area contributed by atoms with E-state index >= 15 is 0 Å². The number of amides is 1. The van der Waals surface area contributed by atoms with E-state index in [-0.39, 0.29) is 11.8 Å². The summed E-state index contributed by atoms with van der Waals surface area (Å²) in [5.41, 5.74) is 5.43. The molecule has 1 aliphatic rings. The Morgan fingerprint density at radius 3 is 2.41 bits per heavy atom. The van der Waals surface area contributed by atoms with Crippen LogP contribution in [0.4, 0.5) is 0 Å². The van der Waals surface area contributed by atoms with E-state index < -0.39 is 0 Å². The van der Waals surface area contributed by atoms with E-state index in [1.165, 1.54) is 17.5 Å². The zero-order valence-corrected chi connectivity index (χ0v) is 16.2. The first-order chi connectivity index (χ1) is 14.2. The van der Waals surface area contributed by atoms with Gasteiger partial charge in [0.1, 0.15) is 0 Å². The zero-order valence-electron chi connectivity index (χ0n) is 16.2. The Morgan fingerprint density at radius 2 is 1.72 bits per heavy atom. The van der Waals surface area contributed by atoms with Crippen LogP contribution in [0.25, 0.3) is 11.3 Å². The molecule has 0 spiro atoms. The number of carbonyl (C=O) groups excluding carboxylic acids is 1. The second-order valence-corrected chi connectivity index (χ2v) is 7.33. The summed E-state index contributed by atoms with van der Waals surface area (Å²) >= 11 is 0. The molecule has 0 bridgehead atoms. The van der Waals surface area contributed by atoms with Gasteiger partial charge < -0.3 is 9.32 Å². The van der Waals surface area contributed by atoms with Crippen LogP contribution in [0, 0.1) is 0 Å². The zero-order chi connectivity index (χ0) is 19.8. The van der Waals surface area contributed by atoms with Crippen molar-refractivity contribution >= 4 is 5.91 Å². The highest BCUT2D eigenvalue weighted by Crippen LogP contribution is 2.38. The first kappa shape index (κ1) is 17.5. The molecule has 0 aliphatic carbocycles. The number of fused-ring (bicyclic) bond motifs is 1. The standard InChI is InChI=1S/C24H21N3O2/c1-26-23-19(17-9-4-2-5-10-17)15-27(24(28)21-13-8-14-29-21)16-20(23)22(25-26)18-11-6-3-7-12-18/h2-14,19H,15-16H2,1H3. The number of hydrogen-bond donors (Lipinski definition) is 0. The molecule has 29 heavy (non-hydrogen) atoms. The maximum absolute atomic E-state index is 13.1. The molecule has 0 radical (unpaired) electrons. The number of benzene rings is 2. The molecule has 1 amide bonds. The lowest BCUT2D eigenvalue weighted by Gasteiger charge is -2.33. The fourth-order valence-electron chi connectivity index (χ4n) is 4.22. The van der Waals surface area contributed by atoms with Crippen molar-refractivity contribution in [1.82, 2.24) is 14.7 Å². The van der Waals surface area contributed by atoms with E-state index in [0.29, 0.717) is 18.8 Å². The van der Waals surface area contributed by atoms with Crippen LogP contribution in [0.1, 0.15) is 33.3 Å². The van der Waals surface area contributed by atoms with Crippen molar-refractivity contribution in [1.29, 1.82) is 0 Å². The van der Waals surface area contributed by atoms with Gasteiger partial charge in [-0.25, -0.2) is 0 Å². The van der Waals surface area contributed by atoms with Crippen molar-refractivity contribution in [2.45, 2.75) is 12.5 Å². The van der Waals surface area contributed by atoms with E-state index in [9.17, 15) is 4.79 Å². The number of furan rings is 1. The van der Waals surface area contributed by atoms with Crippen LogP contribution in [0.15, 0.2) is 83.5 Å². The second-order valence-electron chi connectivity index (χ2n) is 7.33. The molecule has 5 heteroatoms. The fraction of sp³-hybridized carbons (Fsp3) is 0.167. The van der Waals surface area contributed by atoms with Gasteiger partial charge in [-0.2, -0.15) is 5.10 Å². The smallest absolute Gasteiger partial charge is 0.289 e. The molecule has 4 aromatic rings. The third kappa shape index (κ3) is 3.05. The summed E-state index contributed by atoms with van der Waals surface area (Å²) < 4.78 is 7.36. The normalized spacial score (nSPS) is 15.9. The van der Waals surface area contributed by atoms with E-state index in [1.807, 2.05) is 53.0 Å². The number of rotatable bonds is 3. The highest BCUT2D eigenvalue weighted by molar-refractivity contribution is 5.92. The van der Waals surface area contributed by atoms with Crippen LogP contribution in [0.2, 0.25) is 0 Å². The summed E-state index contributed by atoms with van der Waals surface area (Å²) in [5.74, 6) is 0.323. The van der Waals surface area contributed by atoms with Gasteiger partial charge in [0.05, 0.1) is 24.2 Å². The lowest BCUT2D eigenvalue weighted by molar-refractivity contribution is 0.0691. The van der Waals surface area contributed by atoms with Gasteiger partial charge >= 0.3 is 0 Å². The molecule has 3 heterocycles. The number of hydrogen-bond acceptors (Lipinski definition) is 3.